The zero-order valence-electron chi connectivity index (χ0n) is 20.0. The van der Waals surface area contributed by atoms with Crippen molar-refractivity contribution in [3.8, 4) is 5.75 Å². The van der Waals surface area contributed by atoms with Gasteiger partial charge in [0, 0.05) is 10.6 Å². The van der Waals surface area contributed by atoms with Crippen molar-refractivity contribution in [1.29, 1.82) is 0 Å². The minimum Gasteiger partial charge on any atom is -0.507 e. The predicted molar refractivity (Wildman–Crippen MR) is 137 cm³/mol. The standard InChI is InChI=1S/C26H23ClN2O6S/c1-5-35-25(33)23-14(3)28-26(36-23)29-20(15-6-8-16(27)9-7-15)19(22(31)24(29)32)21(30)18-11-10-17(34-4)12-13(18)2/h6-12,20,30H,5H2,1-4H3/b21-19+/t20-/m1/s1. The number of ether oxygens (including phenoxy) is 2. The maximum absolute atomic E-state index is 13.3. The fourth-order valence-corrected chi connectivity index (χ4v) is 5.15. The molecule has 8 nitrogen and oxygen atoms in total. The van der Waals surface area contributed by atoms with Crippen LogP contribution >= 0.6 is 22.9 Å². The first-order chi connectivity index (χ1) is 17.2. The van der Waals surface area contributed by atoms with Crippen LogP contribution in [-0.2, 0) is 14.3 Å². The van der Waals surface area contributed by atoms with Crippen LogP contribution in [0.2, 0.25) is 5.02 Å². The first-order valence-electron chi connectivity index (χ1n) is 11.0. The number of aryl methyl sites for hydroxylation is 2. The van der Waals surface area contributed by atoms with Crippen LogP contribution in [0.15, 0.2) is 48.0 Å². The number of hydrogen-bond acceptors (Lipinski definition) is 8. The number of Topliss-reactive ketones (excluding diaryl/α,β-unsaturated/α-hetero) is 1. The van der Waals surface area contributed by atoms with E-state index >= 15 is 0 Å². The van der Waals surface area contributed by atoms with Crippen molar-refractivity contribution in [2.24, 2.45) is 0 Å². The molecule has 0 unspecified atom stereocenters. The first kappa shape index (κ1) is 25.4. The van der Waals surface area contributed by atoms with Gasteiger partial charge in [-0.3, -0.25) is 14.5 Å². The molecule has 0 radical (unpaired) electrons. The summed E-state index contributed by atoms with van der Waals surface area (Å²) in [5, 5.41) is 12.0. The maximum atomic E-state index is 13.3. The molecule has 36 heavy (non-hydrogen) atoms. The SMILES string of the molecule is CCOC(=O)c1sc(N2C(=O)C(=O)/C(=C(/O)c3ccc(OC)cc3C)[C@H]2c2ccc(Cl)cc2)nc1C. The monoisotopic (exact) mass is 526 g/mol. The molecule has 4 rings (SSSR count). The fraction of sp³-hybridized carbons (Fsp3) is 0.231. The van der Waals surface area contributed by atoms with E-state index in [0.717, 1.165) is 11.3 Å². The largest absolute Gasteiger partial charge is 0.507 e. The van der Waals surface area contributed by atoms with Crippen molar-refractivity contribution in [3.05, 3.63) is 80.3 Å². The number of anilines is 1. The van der Waals surface area contributed by atoms with E-state index < -0.39 is 23.7 Å². The molecule has 10 heteroatoms. The van der Waals surface area contributed by atoms with Crippen molar-refractivity contribution in [2.45, 2.75) is 26.8 Å². The average molecular weight is 527 g/mol. The number of ketones is 1. The number of halogens is 1. The summed E-state index contributed by atoms with van der Waals surface area (Å²) in [5.41, 5.74) is 1.85. The van der Waals surface area contributed by atoms with Crippen LogP contribution in [0, 0.1) is 13.8 Å². The molecule has 1 aliphatic rings. The van der Waals surface area contributed by atoms with Crippen molar-refractivity contribution in [3.63, 3.8) is 0 Å². The molecule has 186 valence electrons. The molecular formula is C26H23ClN2O6S. The Bertz CT molecular complexity index is 1400. The Balaban J connectivity index is 1.92. The summed E-state index contributed by atoms with van der Waals surface area (Å²) in [4.78, 5) is 44.9. The van der Waals surface area contributed by atoms with Gasteiger partial charge in [-0.15, -0.1) is 0 Å². The first-order valence-corrected chi connectivity index (χ1v) is 12.2. The topological polar surface area (TPSA) is 106 Å². The number of carbonyl (C=O) groups is 3. The predicted octanol–water partition coefficient (Wildman–Crippen LogP) is 5.22. The summed E-state index contributed by atoms with van der Waals surface area (Å²) >= 11 is 7.03. The van der Waals surface area contributed by atoms with E-state index in [9.17, 15) is 19.5 Å². The minimum absolute atomic E-state index is 0.0962. The minimum atomic E-state index is -0.996. The van der Waals surface area contributed by atoms with Gasteiger partial charge in [-0.05, 0) is 62.2 Å². The van der Waals surface area contributed by atoms with Gasteiger partial charge in [-0.25, -0.2) is 9.78 Å². The fourth-order valence-electron chi connectivity index (χ4n) is 4.04. The van der Waals surface area contributed by atoms with Crippen molar-refractivity contribution in [1.82, 2.24) is 4.98 Å². The maximum Gasteiger partial charge on any atom is 0.350 e. The van der Waals surface area contributed by atoms with Crippen LogP contribution in [0.3, 0.4) is 0 Å². The number of thiazole rings is 1. The highest BCUT2D eigenvalue weighted by atomic mass is 35.5. The second kappa shape index (κ2) is 10.1. The van der Waals surface area contributed by atoms with Gasteiger partial charge in [0.1, 0.15) is 16.4 Å². The van der Waals surface area contributed by atoms with Gasteiger partial charge in [0.05, 0.1) is 31.0 Å². The number of carbonyl (C=O) groups excluding carboxylic acids is 3. The van der Waals surface area contributed by atoms with E-state index in [4.69, 9.17) is 21.1 Å². The molecule has 1 amide bonds. The second-order valence-corrected chi connectivity index (χ2v) is 9.45. The number of hydrogen-bond donors (Lipinski definition) is 1. The lowest BCUT2D eigenvalue weighted by atomic mass is 9.94. The smallest absolute Gasteiger partial charge is 0.350 e. The van der Waals surface area contributed by atoms with Crippen LogP contribution < -0.4 is 9.64 Å². The van der Waals surface area contributed by atoms with Crippen LogP contribution in [0.1, 0.15) is 45.0 Å². The van der Waals surface area contributed by atoms with Crippen LogP contribution in [0.5, 0.6) is 5.75 Å². The average Bonchev–Trinajstić information content (AvgIpc) is 3.36. The number of esters is 1. The summed E-state index contributed by atoms with van der Waals surface area (Å²) < 4.78 is 10.3. The van der Waals surface area contributed by atoms with Crippen LogP contribution in [0.25, 0.3) is 5.76 Å². The normalized spacial score (nSPS) is 16.9. The van der Waals surface area contributed by atoms with Gasteiger partial charge in [0.15, 0.2) is 5.13 Å². The van der Waals surface area contributed by atoms with Crippen LogP contribution in [0.4, 0.5) is 5.13 Å². The van der Waals surface area contributed by atoms with E-state index in [1.54, 1.807) is 63.2 Å². The van der Waals surface area contributed by atoms with Gasteiger partial charge in [0.25, 0.3) is 5.78 Å². The third-order valence-corrected chi connectivity index (χ3v) is 7.16. The molecule has 1 aliphatic heterocycles. The highest BCUT2D eigenvalue weighted by Gasteiger charge is 2.48. The van der Waals surface area contributed by atoms with E-state index in [-0.39, 0.29) is 27.9 Å². The molecular weight excluding hydrogens is 504 g/mol. The molecule has 1 aromatic heterocycles. The quantitative estimate of drug-likeness (QED) is 0.203. The van der Waals surface area contributed by atoms with E-state index in [0.29, 0.717) is 33.2 Å². The van der Waals surface area contributed by atoms with Gasteiger partial charge < -0.3 is 14.6 Å². The Hall–Kier alpha value is -3.69. The molecule has 0 spiro atoms. The zero-order valence-corrected chi connectivity index (χ0v) is 21.6. The lowest BCUT2D eigenvalue weighted by molar-refractivity contribution is -0.132. The third-order valence-electron chi connectivity index (χ3n) is 5.77. The molecule has 1 atom stereocenters. The van der Waals surface area contributed by atoms with Crippen molar-refractivity contribution < 1.29 is 29.0 Å². The zero-order chi connectivity index (χ0) is 26.1. The molecule has 2 aromatic carbocycles. The number of methoxy groups -OCH3 is 1. The number of nitrogens with zero attached hydrogens (tertiary/aromatic N) is 2. The molecule has 3 aromatic rings. The van der Waals surface area contributed by atoms with Crippen molar-refractivity contribution in [2.75, 3.05) is 18.6 Å². The van der Waals surface area contributed by atoms with Gasteiger partial charge in [-0.1, -0.05) is 35.1 Å². The summed E-state index contributed by atoms with van der Waals surface area (Å²) in [7, 11) is 1.53. The summed E-state index contributed by atoms with van der Waals surface area (Å²) in [5.74, 6) is -2.04. The lowest BCUT2D eigenvalue weighted by Crippen LogP contribution is -2.29. The van der Waals surface area contributed by atoms with E-state index in [1.807, 2.05) is 0 Å². The number of aromatic nitrogens is 1. The van der Waals surface area contributed by atoms with Gasteiger partial charge in [-0.2, -0.15) is 0 Å². The lowest BCUT2D eigenvalue weighted by Gasteiger charge is -2.23. The second-order valence-electron chi connectivity index (χ2n) is 8.03. The highest BCUT2D eigenvalue weighted by Crippen LogP contribution is 2.44. The molecule has 1 N–H and O–H groups in total. The van der Waals surface area contributed by atoms with Gasteiger partial charge >= 0.3 is 11.9 Å². The molecule has 0 saturated carbocycles. The molecule has 2 heterocycles. The number of rotatable bonds is 6. The van der Waals surface area contributed by atoms with E-state index in [2.05, 4.69) is 4.98 Å². The molecule has 1 fully saturated rings. The Morgan fingerprint density at radius 1 is 1.17 bits per heavy atom. The number of aliphatic hydroxyl groups is 1. The highest BCUT2D eigenvalue weighted by molar-refractivity contribution is 7.17. The van der Waals surface area contributed by atoms with Gasteiger partial charge in [0.2, 0.25) is 0 Å². The van der Waals surface area contributed by atoms with Crippen LogP contribution in [-0.4, -0.2) is 41.5 Å². The molecule has 1 saturated heterocycles. The Labute approximate surface area is 216 Å². The van der Waals surface area contributed by atoms with Crippen molar-refractivity contribution >= 4 is 51.5 Å². The molecule has 0 aliphatic carbocycles. The summed E-state index contributed by atoms with van der Waals surface area (Å²) in [6.07, 6.45) is 0. The summed E-state index contributed by atoms with van der Waals surface area (Å²) in [6, 6.07) is 10.6. The summed E-state index contributed by atoms with van der Waals surface area (Å²) in [6.45, 7) is 5.26. The Morgan fingerprint density at radius 2 is 1.86 bits per heavy atom. The number of benzene rings is 2. The Kier molecular flexibility index (Phi) is 7.14. The third kappa shape index (κ3) is 4.47. The number of aliphatic hydroxyl groups excluding tert-OH is 1. The Morgan fingerprint density at radius 3 is 2.47 bits per heavy atom. The number of amides is 1. The van der Waals surface area contributed by atoms with E-state index in [1.165, 1.54) is 12.0 Å². The molecule has 0 bridgehead atoms.